The Labute approximate surface area is 92.4 Å². The van der Waals surface area contributed by atoms with E-state index in [1.807, 2.05) is 6.92 Å². The average molecular weight is 221 g/mol. The molecule has 5 heteroatoms. The van der Waals surface area contributed by atoms with Crippen molar-refractivity contribution in [2.75, 3.05) is 0 Å². The van der Waals surface area contributed by atoms with Gasteiger partial charge in [-0.2, -0.15) is 5.10 Å². The average Bonchev–Trinajstić information content (AvgIpc) is 2.77. The SMILES string of the molecule is CCn1nccc1C(O)c1ccncc1F. The zero-order chi connectivity index (χ0) is 11.5. The summed E-state index contributed by atoms with van der Waals surface area (Å²) in [4.78, 5) is 3.64. The Morgan fingerprint density at radius 1 is 1.44 bits per heavy atom. The van der Waals surface area contributed by atoms with Crippen molar-refractivity contribution >= 4 is 0 Å². The third kappa shape index (κ3) is 1.81. The molecule has 1 N–H and O–H groups in total. The van der Waals surface area contributed by atoms with Crippen LogP contribution in [0.25, 0.3) is 0 Å². The Bertz CT molecular complexity index is 484. The molecule has 0 aliphatic rings. The minimum absolute atomic E-state index is 0.213. The van der Waals surface area contributed by atoms with E-state index >= 15 is 0 Å². The van der Waals surface area contributed by atoms with Crippen molar-refractivity contribution in [3.8, 4) is 0 Å². The fraction of sp³-hybridized carbons (Fsp3) is 0.273. The molecule has 2 aromatic rings. The molecule has 0 bridgehead atoms. The second-order valence-electron chi connectivity index (χ2n) is 3.37. The van der Waals surface area contributed by atoms with Gasteiger partial charge in [-0.1, -0.05) is 0 Å². The van der Waals surface area contributed by atoms with Gasteiger partial charge in [-0.3, -0.25) is 9.67 Å². The van der Waals surface area contributed by atoms with Crippen molar-refractivity contribution in [2.24, 2.45) is 0 Å². The molecule has 0 saturated carbocycles. The first-order valence-electron chi connectivity index (χ1n) is 5.03. The topological polar surface area (TPSA) is 50.9 Å². The highest BCUT2D eigenvalue weighted by Gasteiger charge is 2.18. The second-order valence-corrected chi connectivity index (χ2v) is 3.37. The van der Waals surface area contributed by atoms with Crippen LogP contribution in [-0.2, 0) is 6.54 Å². The van der Waals surface area contributed by atoms with Crippen molar-refractivity contribution in [2.45, 2.75) is 19.6 Å². The van der Waals surface area contributed by atoms with Gasteiger partial charge in [0.2, 0.25) is 0 Å². The first-order chi connectivity index (χ1) is 7.74. The zero-order valence-electron chi connectivity index (χ0n) is 8.84. The fourth-order valence-electron chi connectivity index (χ4n) is 1.61. The fourth-order valence-corrected chi connectivity index (χ4v) is 1.61. The summed E-state index contributed by atoms with van der Waals surface area (Å²) in [6.45, 7) is 2.54. The number of hydrogen-bond donors (Lipinski definition) is 1. The maximum atomic E-state index is 13.4. The van der Waals surface area contributed by atoms with Crippen LogP contribution in [0.5, 0.6) is 0 Å². The number of nitrogens with zero attached hydrogens (tertiary/aromatic N) is 3. The van der Waals surface area contributed by atoms with Gasteiger partial charge in [0.05, 0.1) is 11.9 Å². The van der Waals surface area contributed by atoms with Crippen LogP contribution in [0.3, 0.4) is 0 Å². The van der Waals surface area contributed by atoms with Gasteiger partial charge < -0.3 is 5.11 Å². The Kier molecular flexibility index (Phi) is 2.96. The first-order valence-corrected chi connectivity index (χ1v) is 5.03. The van der Waals surface area contributed by atoms with E-state index in [1.54, 1.807) is 16.9 Å². The Hall–Kier alpha value is -1.75. The number of aliphatic hydroxyl groups excluding tert-OH is 1. The highest BCUT2D eigenvalue weighted by atomic mass is 19.1. The van der Waals surface area contributed by atoms with Crippen LogP contribution in [0.1, 0.15) is 24.3 Å². The maximum absolute atomic E-state index is 13.4. The molecule has 0 saturated heterocycles. The summed E-state index contributed by atoms with van der Waals surface area (Å²) in [5.74, 6) is -0.515. The van der Waals surface area contributed by atoms with Crippen LogP contribution in [0, 0.1) is 5.82 Å². The summed E-state index contributed by atoms with van der Waals surface area (Å²) in [6, 6.07) is 3.14. The van der Waals surface area contributed by atoms with Gasteiger partial charge in [0.1, 0.15) is 11.9 Å². The second kappa shape index (κ2) is 4.40. The van der Waals surface area contributed by atoms with E-state index in [0.717, 1.165) is 6.20 Å². The minimum atomic E-state index is -1.01. The number of hydrogen-bond acceptors (Lipinski definition) is 3. The number of aryl methyl sites for hydroxylation is 1. The zero-order valence-corrected chi connectivity index (χ0v) is 8.84. The molecule has 1 unspecified atom stereocenters. The highest BCUT2D eigenvalue weighted by Crippen LogP contribution is 2.23. The predicted molar refractivity (Wildman–Crippen MR) is 56.2 cm³/mol. The quantitative estimate of drug-likeness (QED) is 0.854. The monoisotopic (exact) mass is 221 g/mol. The number of halogens is 1. The lowest BCUT2D eigenvalue weighted by atomic mass is 10.1. The molecule has 0 spiro atoms. The van der Waals surface area contributed by atoms with Crippen LogP contribution in [0.2, 0.25) is 0 Å². The molecular formula is C11H12FN3O. The molecule has 2 heterocycles. The van der Waals surface area contributed by atoms with Crippen molar-refractivity contribution in [3.05, 3.63) is 47.8 Å². The van der Waals surface area contributed by atoms with Gasteiger partial charge in [0, 0.05) is 24.5 Å². The number of aromatic nitrogens is 3. The van der Waals surface area contributed by atoms with Crippen molar-refractivity contribution in [3.63, 3.8) is 0 Å². The predicted octanol–water partition coefficient (Wildman–Crippen LogP) is 1.52. The number of aliphatic hydroxyl groups is 1. The number of rotatable bonds is 3. The summed E-state index contributed by atoms with van der Waals surface area (Å²) >= 11 is 0. The van der Waals surface area contributed by atoms with Crippen LogP contribution in [0.4, 0.5) is 4.39 Å². The van der Waals surface area contributed by atoms with E-state index < -0.39 is 11.9 Å². The van der Waals surface area contributed by atoms with Gasteiger partial charge in [0.25, 0.3) is 0 Å². The molecule has 1 atom stereocenters. The van der Waals surface area contributed by atoms with Gasteiger partial charge in [-0.05, 0) is 19.1 Å². The summed E-state index contributed by atoms with van der Waals surface area (Å²) in [5, 5.41) is 14.1. The minimum Gasteiger partial charge on any atom is -0.382 e. The van der Waals surface area contributed by atoms with Crippen LogP contribution in [-0.4, -0.2) is 19.9 Å². The van der Waals surface area contributed by atoms with E-state index in [1.165, 1.54) is 12.3 Å². The summed E-state index contributed by atoms with van der Waals surface area (Å²) in [5.41, 5.74) is 0.790. The van der Waals surface area contributed by atoms with E-state index in [2.05, 4.69) is 10.1 Å². The summed E-state index contributed by atoms with van der Waals surface area (Å²) in [7, 11) is 0. The Morgan fingerprint density at radius 3 is 2.94 bits per heavy atom. The van der Waals surface area contributed by atoms with Crippen molar-refractivity contribution in [1.29, 1.82) is 0 Å². The van der Waals surface area contributed by atoms with E-state index in [9.17, 15) is 9.50 Å². The summed E-state index contributed by atoms with van der Waals surface area (Å²) < 4.78 is 15.0. The van der Waals surface area contributed by atoms with Gasteiger partial charge in [-0.15, -0.1) is 0 Å². The van der Waals surface area contributed by atoms with Gasteiger partial charge in [0.15, 0.2) is 0 Å². The standard InChI is InChI=1S/C11H12FN3O/c1-2-15-10(4-6-14-15)11(16)8-3-5-13-7-9(8)12/h3-7,11,16H,2H2,1H3. The molecule has 0 amide bonds. The Morgan fingerprint density at radius 2 is 2.25 bits per heavy atom. The van der Waals surface area contributed by atoms with Crippen LogP contribution in [0.15, 0.2) is 30.7 Å². The third-order valence-corrected chi connectivity index (χ3v) is 2.43. The first kappa shape index (κ1) is 10.8. The normalized spacial score (nSPS) is 12.7. The Balaban J connectivity index is 2.39. The lowest BCUT2D eigenvalue weighted by Crippen LogP contribution is -2.10. The summed E-state index contributed by atoms with van der Waals surface area (Å²) in [6.07, 6.45) is 3.12. The van der Waals surface area contributed by atoms with E-state index in [4.69, 9.17) is 0 Å². The molecule has 0 fully saturated rings. The van der Waals surface area contributed by atoms with Gasteiger partial charge >= 0.3 is 0 Å². The molecule has 0 aromatic carbocycles. The highest BCUT2D eigenvalue weighted by molar-refractivity contribution is 5.24. The molecule has 0 aliphatic heterocycles. The number of pyridine rings is 1. The van der Waals surface area contributed by atoms with Gasteiger partial charge in [-0.25, -0.2) is 4.39 Å². The smallest absolute Gasteiger partial charge is 0.147 e. The molecule has 0 aliphatic carbocycles. The molecule has 2 aromatic heterocycles. The van der Waals surface area contributed by atoms with Crippen LogP contribution < -0.4 is 0 Å². The molecule has 2 rings (SSSR count). The van der Waals surface area contributed by atoms with E-state index in [0.29, 0.717) is 12.2 Å². The molecule has 0 radical (unpaired) electrons. The molecular weight excluding hydrogens is 209 g/mol. The third-order valence-electron chi connectivity index (χ3n) is 2.43. The van der Waals surface area contributed by atoms with Crippen molar-refractivity contribution in [1.82, 2.24) is 14.8 Å². The lowest BCUT2D eigenvalue weighted by molar-refractivity contribution is 0.202. The lowest BCUT2D eigenvalue weighted by Gasteiger charge is -2.12. The molecule has 84 valence electrons. The maximum Gasteiger partial charge on any atom is 0.147 e. The van der Waals surface area contributed by atoms with Crippen molar-refractivity contribution < 1.29 is 9.50 Å². The largest absolute Gasteiger partial charge is 0.382 e. The van der Waals surface area contributed by atoms with Crippen LogP contribution >= 0.6 is 0 Å². The molecule has 16 heavy (non-hydrogen) atoms. The van der Waals surface area contributed by atoms with E-state index in [-0.39, 0.29) is 5.56 Å². The molecule has 4 nitrogen and oxygen atoms in total.